The molecule has 0 amide bonds. The molecule has 9 heteroatoms. The van der Waals surface area contributed by atoms with Crippen molar-refractivity contribution < 1.29 is 42.9 Å². The first kappa shape index (κ1) is 75.2. The van der Waals surface area contributed by atoms with Crippen LogP contribution in [0, 0.1) is 0 Å². The van der Waals surface area contributed by atoms with Gasteiger partial charge in [-0.15, -0.1) is 0 Å². The number of carbonyl (C=O) groups excluding carboxylic acids is 3. The van der Waals surface area contributed by atoms with Gasteiger partial charge in [-0.3, -0.25) is 9.59 Å². The van der Waals surface area contributed by atoms with Crippen LogP contribution in [-0.4, -0.2) is 82.3 Å². The van der Waals surface area contributed by atoms with Crippen molar-refractivity contribution >= 4 is 17.9 Å². The number of ether oxygens (including phenoxy) is 4. The smallest absolute Gasteiger partial charge is 0.306 e. The van der Waals surface area contributed by atoms with Crippen LogP contribution in [0.1, 0.15) is 271 Å². The summed E-state index contributed by atoms with van der Waals surface area (Å²) in [4.78, 5) is 37.4. The number of rotatable bonds is 59. The summed E-state index contributed by atoms with van der Waals surface area (Å²) >= 11 is 0. The highest BCUT2D eigenvalue weighted by atomic mass is 16.7. The highest BCUT2D eigenvalue weighted by Crippen LogP contribution is 2.16. The summed E-state index contributed by atoms with van der Waals surface area (Å²) in [6.45, 7) is 4.62. The number of unbranched alkanes of at least 4 members (excludes halogenated alkanes) is 28. The Morgan fingerprint density at radius 1 is 0.392 bits per heavy atom. The number of quaternary nitrogens is 1. The lowest BCUT2D eigenvalue weighted by Crippen LogP contribution is -2.44. The lowest BCUT2D eigenvalue weighted by atomic mass is 10.0. The van der Waals surface area contributed by atoms with E-state index in [1.807, 2.05) is 21.1 Å². The molecule has 0 saturated heterocycles. The Morgan fingerprint density at radius 3 is 1.08 bits per heavy atom. The molecule has 0 rings (SSSR count). The average Bonchev–Trinajstić information content (AvgIpc) is 3.42. The molecule has 0 spiro atoms. The molecule has 0 saturated carbocycles. The van der Waals surface area contributed by atoms with Gasteiger partial charge in [-0.25, -0.2) is 0 Å². The van der Waals surface area contributed by atoms with E-state index in [9.17, 15) is 19.5 Å². The molecule has 2 atom stereocenters. The number of allylic oxidation sites excluding steroid dienone is 16. The second kappa shape index (κ2) is 60.3. The fourth-order valence-electron chi connectivity index (χ4n) is 8.87. The maximum absolute atomic E-state index is 12.9. The van der Waals surface area contributed by atoms with Gasteiger partial charge in [-0.2, -0.15) is 0 Å². The fraction of sp³-hybridized carbons (Fsp3) is 0.729. The molecule has 9 nitrogen and oxygen atoms in total. The standard InChI is InChI=1S/C70H121NO8/c1-6-8-10-12-14-16-18-20-22-24-26-28-29-30-31-32-33-34-35-36-37-38-39-41-43-45-47-49-51-53-55-57-59-61-68(73)79-66(65-78-70(69(74)75)76-63-62-71(3,4)5)64-77-67(72)60-58-56-54-52-50-48-46-44-42-40-27-25-23-21-19-17-15-13-11-9-7-2/h8,10,14,16,19-22,25-28,30-31,42,44,66,70H,6-7,9,11-13,15,17-18,23-24,29,32-41,43,45-65H2,1-5H3/b10-8-,16-14-,21-19-,22-20-,27-25-,28-26-,31-30-,44-42-. The Morgan fingerprint density at radius 2 is 0.722 bits per heavy atom. The van der Waals surface area contributed by atoms with Crippen LogP contribution in [0.15, 0.2) is 97.2 Å². The third kappa shape index (κ3) is 61.7. The monoisotopic (exact) mass is 1100 g/mol. The minimum absolute atomic E-state index is 0.142. The largest absolute Gasteiger partial charge is 0.545 e. The Labute approximate surface area is 486 Å². The molecule has 0 aromatic rings. The number of carboxylic acids is 1. The van der Waals surface area contributed by atoms with E-state index in [4.69, 9.17) is 18.9 Å². The number of hydrogen-bond acceptors (Lipinski definition) is 8. The number of likely N-dealkylation sites (N-methyl/N-ethyl adjacent to an activating group) is 1. The summed E-state index contributed by atoms with van der Waals surface area (Å²) in [5.74, 6) is -2.30. The van der Waals surface area contributed by atoms with Crippen LogP contribution in [0.25, 0.3) is 0 Å². The van der Waals surface area contributed by atoms with Crippen LogP contribution >= 0.6 is 0 Å². The molecule has 0 heterocycles. The number of nitrogens with zero attached hydrogens (tertiary/aromatic N) is 1. The van der Waals surface area contributed by atoms with Crippen LogP contribution in [0.5, 0.6) is 0 Å². The van der Waals surface area contributed by atoms with E-state index < -0.39 is 24.3 Å². The van der Waals surface area contributed by atoms with Crippen molar-refractivity contribution in [3.63, 3.8) is 0 Å². The van der Waals surface area contributed by atoms with E-state index in [0.717, 1.165) is 96.3 Å². The number of esters is 2. The molecular weight excluding hydrogens is 983 g/mol. The van der Waals surface area contributed by atoms with Crippen molar-refractivity contribution in [1.29, 1.82) is 0 Å². The summed E-state index contributed by atoms with van der Waals surface area (Å²) < 4.78 is 22.7. The van der Waals surface area contributed by atoms with Crippen molar-refractivity contribution in [1.82, 2.24) is 0 Å². The second-order valence-corrected chi connectivity index (χ2v) is 22.7. The maximum atomic E-state index is 12.9. The Hall–Kier alpha value is -3.79. The molecule has 0 aliphatic carbocycles. The summed E-state index contributed by atoms with van der Waals surface area (Å²) in [6, 6.07) is 0. The van der Waals surface area contributed by atoms with Gasteiger partial charge in [0.1, 0.15) is 13.2 Å². The first-order valence-electron chi connectivity index (χ1n) is 32.4. The fourth-order valence-corrected chi connectivity index (χ4v) is 8.87. The van der Waals surface area contributed by atoms with E-state index in [-0.39, 0.29) is 38.6 Å². The predicted molar refractivity (Wildman–Crippen MR) is 334 cm³/mol. The molecule has 0 aliphatic heterocycles. The number of aliphatic carboxylic acids is 1. The van der Waals surface area contributed by atoms with Gasteiger partial charge in [-0.05, 0) is 96.3 Å². The third-order valence-electron chi connectivity index (χ3n) is 13.8. The topological polar surface area (TPSA) is 111 Å². The SMILES string of the molecule is CC/C=C\C/C=C\C/C=C\C/C=C\C/C=C\CCCCCCCCCCCCCCCCCCCC(=O)OC(COC(=O)CCCCCCCC/C=C\C/C=C\C/C=C\CCCCCCC)COC(OCC[N+](C)(C)C)C(=O)[O-]. The minimum atomic E-state index is -1.63. The van der Waals surface area contributed by atoms with Crippen LogP contribution in [0.4, 0.5) is 0 Å². The number of carbonyl (C=O) groups is 3. The van der Waals surface area contributed by atoms with Crippen LogP contribution in [0.2, 0.25) is 0 Å². The summed E-state index contributed by atoms with van der Waals surface area (Å²) in [5, 5.41) is 11.8. The van der Waals surface area contributed by atoms with Crippen molar-refractivity contribution in [2.24, 2.45) is 0 Å². The Bertz CT molecular complexity index is 1620. The molecule has 0 fully saturated rings. The van der Waals surface area contributed by atoms with Gasteiger partial charge in [0.2, 0.25) is 0 Å². The molecule has 0 aliphatic rings. The van der Waals surface area contributed by atoms with E-state index in [2.05, 4.69) is 111 Å². The van der Waals surface area contributed by atoms with Crippen molar-refractivity contribution in [2.75, 3.05) is 47.5 Å². The molecule has 0 aromatic heterocycles. The van der Waals surface area contributed by atoms with Gasteiger partial charge in [0, 0.05) is 12.8 Å². The summed E-state index contributed by atoms with van der Waals surface area (Å²) in [6.07, 6.45) is 79.0. The number of carboxylic acid groups (broad SMARTS) is 1. The van der Waals surface area contributed by atoms with Crippen LogP contribution in [0.3, 0.4) is 0 Å². The molecule has 2 unspecified atom stereocenters. The molecule has 0 N–H and O–H groups in total. The molecule has 0 aromatic carbocycles. The first-order valence-corrected chi connectivity index (χ1v) is 32.4. The molecule has 0 bridgehead atoms. The zero-order valence-corrected chi connectivity index (χ0v) is 51.7. The van der Waals surface area contributed by atoms with E-state index in [1.165, 1.54) is 141 Å². The first-order chi connectivity index (χ1) is 38.6. The van der Waals surface area contributed by atoms with E-state index in [0.29, 0.717) is 17.4 Å². The van der Waals surface area contributed by atoms with Crippen molar-refractivity contribution in [3.8, 4) is 0 Å². The zero-order valence-electron chi connectivity index (χ0n) is 51.7. The van der Waals surface area contributed by atoms with Gasteiger partial charge >= 0.3 is 11.9 Å². The highest BCUT2D eigenvalue weighted by Gasteiger charge is 2.22. The lowest BCUT2D eigenvalue weighted by molar-refractivity contribution is -0.870. The number of hydrogen-bond donors (Lipinski definition) is 0. The lowest BCUT2D eigenvalue weighted by Gasteiger charge is -2.26. The highest BCUT2D eigenvalue weighted by molar-refractivity contribution is 5.70. The van der Waals surface area contributed by atoms with Gasteiger partial charge < -0.3 is 33.3 Å². The van der Waals surface area contributed by atoms with Gasteiger partial charge in [0.15, 0.2) is 12.4 Å². The Kier molecular flexibility index (Phi) is 57.4. The van der Waals surface area contributed by atoms with Gasteiger partial charge in [-0.1, -0.05) is 259 Å². The van der Waals surface area contributed by atoms with Crippen molar-refractivity contribution in [2.45, 2.75) is 283 Å². The molecule has 79 heavy (non-hydrogen) atoms. The van der Waals surface area contributed by atoms with Crippen LogP contribution in [-0.2, 0) is 33.3 Å². The third-order valence-corrected chi connectivity index (χ3v) is 13.8. The zero-order chi connectivity index (χ0) is 57.6. The van der Waals surface area contributed by atoms with Crippen LogP contribution < -0.4 is 5.11 Å². The molecule has 454 valence electrons. The van der Waals surface area contributed by atoms with E-state index >= 15 is 0 Å². The Balaban J connectivity index is 4.15. The maximum Gasteiger partial charge on any atom is 0.306 e. The quantitative estimate of drug-likeness (QED) is 0.0195. The molecule has 0 radical (unpaired) electrons. The van der Waals surface area contributed by atoms with E-state index in [1.54, 1.807) is 0 Å². The average molecular weight is 1100 g/mol. The predicted octanol–water partition coefficient (Wildman–Crippen LogP) is 18.4. The minimum Gasteiger partial charge on any atom is -0.545 e. The summed E-state index contributed by atoms with van der Waals surface area (Å²) in [7, 11) is 5.92. The van der Waals surface area contributed by atoms with Gasteiger partial charge in [0.05, 0.1) is 40.3 Å². The normalized spacial score (nSPS) is 13.4. The molecular formula is C70H121NO8. The summed E-state index contributed by atoms with van der Waals surface area (Å²) in [5.41, 5.74) is 0. The van der Waals surface area contributed by atoms with Gasteiger partial charge in [0.25, 0.3) is 0 Å². The van der Waals surface area contributed by atoms with Crippen molar-refractivity contribution in [3.05, 3.63) is 97.2 Å². The second-order valence-electron chi connectivity index (χ2n) is 22.7.